The van der Waals surface area contributed by atoms with Crippen molar-refractivity contribution in [2.75, 3.05) is 11.1 Å². The van der Waals surface area contributed by atoms with Crippen molar-refractivity contribution in [2.24, 2.45) is 5.73 Å². The molecule has 100 valence electrons. The first-order chi connectivity index (χ1) is 9.60. The summed E-state index contributed by atoms with van der Waals surface area (Å²) < 4.78 is 0. The molecule has 20 heavy (non-hydrogen) atoms. The van der Waals surface area contributed by atoms with Crippen molar-refractivity contribution >= 4 is 17.3 Å². The van der Waals surface area contributed by atoms with Crippen LogP contribution in [-0.4, -0.2) is 5.91 Å². The minimum Gasteiger partial charge on any atom is -0.398 e. The largest absolute Gasteiger partial charge is 0.398 e. The molecule has 2 aromatic rings. The molecular weight excluding hydrogens is 252 g/mol. The summed E-state index contributed by atoms with van der Waals surface area (Å²) in [6, 6.07) is 14.4. The molecule has 0 bridgehead atoms. The maximum atomic E-state index is 11.2. The fraction of sp³-hybridized carbons (Fsp3) is 0.0667. The van der Waals surface area contributed by atoms with Crippen LogP contribution in [0, 0.1) is 11.3 Å². The number of nitrogens with one attached hydrogen (secondary N) is 1. The SMILES string of the molecule is N#Cc1cccc(CNc2ccc(N)c(C(N)=O)c2)c1. The van der Waals surface area contributed by atoms with Crippen LogP contribution in [0.25, 0.3) is 0 Å². The molecule has 5 nitrogen and oxygen atoms in total. The molecule has 0 heterocycles. The van der Waals surface area contributed by atoms with Gasteiger partial charge in [0, 0.05) is 17.9 Å². The highest BCUT2D eigenvalue weighted by Crippen LogP contribution is 2.18. The van der Waals surface area contributed by atoms with Gasteiger partial charge in [-0.2, -0.15) is 5.26 Å². The highest BCUT2D eigenvalue weighted by atomic mass is 16.1. The van der Waals surface area contributed by atoms with Crippen LogP contribution in [0.2, 0.25) is 0 Å². The summed E-state index contributed by atoms with van der Waals surface area (Å²) >= 11 is 0. The van der Waals surface area contributed by atoms with E-state index in [9.17, 15) is 4.79 Å². The Morgan fingerprint density at radius 2 is 2.05 bits per heavy atom. The van der Waals surface area contributed by atoms with Crippen molar-refractivity contribution in [3.05, 3.63) is 59.2 Å². The second-order valence-corrected chi connectivity index (χ2v) is 4.33. The number of amides is 1. The molecule has 0 spiro atoms. The number of nitrogens with two attached hydrogens (primary N) is 2. The van der Waals surface area contributed by atoms with E-state index in [0.29, 0.717) is 23.4 Å². The molecule has 0 aliphatic rings. The van der Waals surface area contributed by atoms with Gasteiger partial charge in [-0.05, 0) is 35.9 Å². The summed E-state index contributed by atoms with van der Waals surface area (Å²) in [5.74, 6) is -0.558. The van der Waals surface area contributed by atoms with E-state index in [1.54, 1.807) is 30.3 Å². The Morgan fingerprint density at radius 3 is 2.75 bits per heavy atom. The molecule has 5 N–H and O–H groups in total. The molecule has 0 aliphatic carbocycles. The van der Waals surface area contributed by atoms with Crippen LogP contribution in [0.15, 0.2) is 42.5 Å². The van der Waals surface area contributed by atoms with Gasteiger partial charge in [0.05, 0.1) is 17.2 Å². The van der Waals surface area contributed by atoms with Crippen molar-refractivity contribution in [2.45, 2.75) is 6.54 Å². The van der Waals surface area contributed by atoms with Crippen LogP contribution in [0.3, 0.4) is 0 Å². The third-order valence-corrected chi connectivity index (χ3v) is 2.87. The number of nitriles is 1. The molecular formula is C15H14N4O. The molecule has 0 aromatic heterocycles. The minimum absolute atomic E-state index is 0.292. The Morgan fingerprint density at radius 1 is 1.25 bits per heavy atom. The number of hydrogen-bond donors (Lipinski definition) is 3. The van der Waals surface area contributed by atoms with Crippen molar-refractivity contribution in [3.63, 3.8) is 0 Å². The molecule has 0 saturated heterocycles. The van der Waals surface area contributed by atoms with Gasteiger partial charge in [-0.3, -0.25) is 4.79 Å². The lowest BCUT2D eigenvalue weighted by molar-refractivity contribution is 0.100. The van der Waals surface area contributed by atoms with Gasteiger partial charge in [0.15, 0.2) is 0 Å². The predicted octanol–water partition coefficient (Wildman–Crippen LogP) is 1.85. The van der Waals surface area contributed by atoms with Gasteiger partial charge in [0.1, 0.15) is 0 Å². The lowest BCUT2D eigenvalue weighted by Crippen LogP contribution is -2.14. The van der Waals surface area contributed by atoms with Crippen LogP contribution >= 0.6 is 0 Å². The summed E-state index contributed by atoms with van der Waals surface area (Å²) in [6.45, 7) is 0.539. The van der Waals surface area contributed by atoms with E-state index in [1.807, 2.05) is 12.1 Å². The quantitative estimate of drug-likeness (QED) is 0.734. The van der Waals surface area contributed by atoms with Crippen molar-refractivity contribution in [1.29, 1.82) is 5.26 Å². The zero-order chi connectivity index (χ0) is 14.5. The Balaban J connectivity index is 2.13. The molecule has 2 rings (SSSR count). The first-order valence-corrected chi connectivity index (χ1v) is 6.02. The molecule has 2 aromatic carbocycles. The Hall–Kier alpha value is -3.00. The van der Waals surface area contributed by atoms with E-state index < -0.39 is 5.91 Å². The number of carbonyl (C=O) groups excluding carboxylic acids is 1. The van der Waals surface area contributed by atoms with Gasteiger partial charge in [0.2, 0.25) is 0 Å². The molecule has 0 radical (unpaired) electrons. The van der Waals surface area contributed by atoms with Crippen molar-refractivity contribution in [3.8, 4) is 6.07 Å². The molecule has 0 atom stereocenters. The number of hydrogen-bond acceptors (Lipinski definition) is 4. The van der Waals surface area contributed by atoms with Gasteiger partial charge in [0.25, 0.3) is 5.91 Å². The zero-order valence-corrected chi connectivity index (χ0v) is 10.8. The average molecular weight is 266 g/mol. The smallest absolute Gasteiger partial charge is 0.250 e. The number of nitrogens with zero attached hydrogens (tertiary/aromatic N) is 1. The highest BCUT2D eigenvalue weighted by molar-refractivity contribution is 5.98. The lowest BCUT2D eigenvalue weighted by Gasteiger charge is -2.09. The van der Waals surface area contributed by atoms with Crippen LogP contribution in [0.1, 0.15) is 21.5 Å². The second-order valence-electron chi connectivity index (χ2n) is 4.33. The standard InChI is InChI=1S/C15H14N4O/c16-8-10-2-1-3-11(6-10)9-19-12-4-5-14(17)13(7-12)15(18)20/h1-7,19H,9,17H2,(H2,18,20). The van der Waals surface area contributed by atoms with Crippen molar-refractivity contribution in [1.82, 2.24) is 0 Å². The average Bonchev–Trinajstić information content (AvgIpc) is 2.46. The molecule has 0 unspecified atom stereocenters. The van der Waals surface area contributed by atoms with Crippen LogP contribution in [-0.2, 0) is 6.54 Å². The Bertz CT molecular complexity index is 689. The molecule has 0 saturated carbocycles. The Labute approximate surface area is 116 Å². The third-order valence-electron chi connectivity index (χ3n) is 2.87. The number of rotatable bonds is 4. The summed E-state index contributed by atoms with van der Waals surface area (Å²) in [5.41, 5.74) is 13.9. The lowest BCUT2D eigenvalue weighted by atomic mass is 10.1. The number of nitrogen functional groups attached to an aromatic ring is 1. The van der Waals surface area contributed by atoms with E-state index in [-0.39, 0.29) is 0 Å². The van der Waals surface area contributed by atoms with Gasteiger partial charge in [-0.1, -0.05) is 12.1 Å². The highest BCUT2D eigenvalue weighted by Gasteiger charge is 2.06. The van der Waals surface area contributed by atoms with Crippen molar-refractivity contribution < 1.29 is 4.79 Å². The normalized spacial score (nSPS) is 9.75. The fourth-order valence-electron chi connectivity index (χ4n) is 1.83. The predicted molar refractivity (Wildman–Crippen MR) is 77.9 cm³/mol. The van der Waals surface area contributed by atoms with Gasteiger partial charge >= 0.3 is 0 Å². The van der Waals surface area contributed by atoms with Crippen LogP contribution in [0.5, 0.6) is 0 Å². The summed E-state index contributed by atoms with van der Waals surface area (Å²) in [7, 11) is 0. The van der Waals surface area contributed by atoms with E-state index >= 15 is 0 Å². The second kappa shape index (κ2) is 5.76. The van der Waals surface area contributed by atoms with E-state index in [1.165, 1.54) is 0 Å². The Kier molecular flexibility index (Phi) is 3.87. The molecule has 0 fully saturated rings. The zero-order valence-electron chi connectivity index (χ0n) is 10.8. The fourth-order valence-corrected chi connectivity index (χ4v) is 1.83. The molecule has 5 heteroatoms. The van der Waals surface area contributed by atoms with Gasteiger partial charge in [-0.15, -0.1) is 0 Å². The number of benzene rings is 2. The molecule has 0 aliphatic heterocycles. The number of anilines is 2. The topological polar surface area (TPSA) is 105 Å². The summed E-state index contributed by atoms with van der Waals surface area (Å²) in [6.07, 6.45) is 0. The first-order valence-electron chi connectivity index (χ1n) is 6.02. The third kappa shape index (κ3) is 3.06. The van der Waals surface area contributed by atoms with Gasteiger partial charge in [-0.25, -0.2) is 0 Å². The number of carbonyl (C=O) groups is 1. The first kappa shape index (κ1) is 13.4. The summed E-state index contributed by atoms with van der Waals surface area (Å²) in [4.78, 5) is 11.2. The maximum absolute atomic E-state index is 11.2. The van der Waals surface area contributed by atoms with E-state index in [0.717, 1.165) is 11.3 Å². The minimum atomic E-state index is -0.558. The van der Waals surface area contributed by atoms with Gasteiger partial charge < -0.3 is 16.8 Å². The molecule has 1 amide bonds. The van der Waals surface area contributed by atoms with E-state index in [2.05, 4.69) is 11.4 Å². The number of primary amides is 1. The van der Waals surface area contributed by atoms with Crippen LogP contribution < -0.4 is 16.8 Å². The van der Waals surface area contributed by atoms with E-state index in [4.69, 9.17) is 16.7 Å². The summed E-state index contributed by atoms with van der Waals surface area (Å²) in [5, 5.41) is 12.0. The monoisotopic (exact) mass is 266 g/mol. The van der Waals surface area contributed by atoms with Crippen LogP contribution in [0.4, 0.5) is 11.4 Å². The maximum Gasteiger partial charge on any atom is 0.250 e.